The molecule has 4 rings (SSSR count). The quantitative estimate of drug-likeness (QED) is 0.144. The van der Waals surface area contributed by atoms with Gasteiger partial charge in [-0.3, -0.25) is 4.79 Å². The smallest absolute Gasteiger partial charge is 0.324 e. The number of halogens is 1. The lowest BCUT2D eigenvalue weighted by molar-refractivity contribution is -0.150. The second-order valence-corrected chi connectivity index (χ2v) is 13.2. The van der Waals surface area contributed by atoms with Crippen LogP contribution < -0.4 is 0 Å². The first-order valence-corrected chi connectivity index (χ1v) is 14.8. The summed E-state index contributed by atoms with van der Waals surface area (Å²) in [6.45, 7) is 9.24. The number of alkyl halides is 1. The van der Waals surface area contributed by atoms with Crippen LogP contribution in [0.3, 0.4) is 0 Å². The van der Waals surface area contributed by atoms with E-state index < -0.39 is 5.38 Å². The highest BCUT2D eigenvalue weighted by Crippen LogP contribution is 2.66. The highest BCUT2D eigenvalue weighted by atomic mass is 35.5. The predicted octanol–water partition coefficient (Wildman–Crippen LogP) is 8.86. The standard InChI is InChI=1S/C30H49ClO2/c1-5-6-7-8-9-10-11-22-13-15-26-25-14-12-23-20-24(33-28(32)21(2)31)16-18-30(23,4)27(25)17-19-29(22,26)3/h12,21-22,24-27H,5-11,13-20H2,1-4H3/t21-,22+,24+,25-,26+,27-,29-,30+/m1/s1. The van der Waals surface area contributed by atoms with E-state index in [4.69, 9.17) is 16.3 Å². The summed E-state index contributed by atoms with van der Waals surface area (Å²) >= 11 is 5.95. The highest BCUT2D eigenvalue weighted by molar-refractivity contribution is 6.29. The van der Waals surface area contributed by atoms with E-state index in [1.54, 1.807) is 12.5 Å². The van der Waals surface area contributed by atoms with Gasteiger partial charge in [-0.2, -0.15) is 0 Å². The maximum Gasteiger partial charge on any atom is 0.324 e. The maximum absolute atomic E-state index is 12.0. The van der Waals surface area contributed by atoms with Crippen LogP contribution in [0.15, 0.2) is 11.6 Å². The second-order valence-electron chi connectivity index (χ2n) is 12.6. The van der Waals surface area contributed by atoms with E-state index in [2.05, 4.69) is 26.8 Å². The van der Waals surface area contributed by atoms with Gasteiger partial charge in [0.15, 0.2) is 0 Å². The fourth-order valence-corrected chi connectivity index (χ4v) is 8.79. The van der Waals surface area contributed by atoms with Gasteiger partial charge in [0.05, 0.1) is 0 Å². The van der Waals surface area contributed by atoms with E-state index in [9.17, 15) is 4.79 Å². The van der Waals surface area contributed by atoms with Gasteiger partial charge in [0.1, 0.15) is 11.5 Å². The highest BCUT2D eigenvalue weighted by Gasteiger charge is 2.58. The van der Waals surface area contributed by atoms with Crippen LogP contribution in [0.5, 0.6) is 0 Å². The molecule has 188 valence electrons. The Labute approximate surface area is 208 Å². The number of hydrogen-bond donors (Lipinski definition) is 0. The lowest BCUT2D eigenvalue weighted by Gasteiger charge is -2.58. The molecule has 0 unspecified atom stereocenters. The molecule has 0 saturated heterocycles. The van der Waals surface area contributed by atoms with E-state index in [-0.39, 0.29) is 12.1 Å². The molecular weight excluding hydrogens is 428 g/mol. The Morgan fingerprint density at radius 1 is 1.06 bits per heavy atom. The van der Waals surface area contributed by atoms with Gasteiger partial charge in [0.2, 0.25) is 0 Å². The molecule has 0 heterocycles. The summed E-state index contributed by atoms with van der Waals surface area (Å²) in [6.07, 6.45) is 22.7. The van der Waals surface area contributed by atoms with Gasteiger partial charge in [0, 0.05) is 6.42 Å². The van der Waals surface area contributed by atoms with E-state index in [1.165, 1.54) is 83.5 Å². The third kappa shape index (κ3) is 5.07. The largest absolute Gasteiger partial charge is 0.461 e. The van der Waals surface area contributed by atoms with E-state index in [0.717, 1.165) is 36.5 Å². The molecular formula is C30H49ClO2. The van der Waals surface area contributed by atoms with Gasteiger partial charge < -0.3 is 4.74 Å². The molecule has 0 aromatic carbocycles. The fourth-order valence-electron chi connectivity index (χ4n) is 8.74. The lowest BCUT2D eigenvalue weighted by atomic mass is 9.47. The van der Waals surface area contributed by atoms with Crippen LogP contribution in [0.1, 0.15) is 124 Å². The fraction of sp³-hybridized carbons (Fsp3) is 0.900. The van der Waals surface area contributed by atoms with E-state index in [0.29, 0.717) is 10.8 Å². The topological polar surface area (TPSA) is 26.3 Å². The molecule has 2 nitrogen and oxygen atoms in total. The van der Waals surface area contributed by atoms with Crippen molar-refractivity contribution in [3.05, 3.63) is 11.6 Å². The van der Waals surface area contributed by atoms with Crippen molar-refractivity contribution in [2.24, 2.45) is 34.5 Å². The Hall–Kier alpha value is -0.500. The van der Waals surface area contributed by atoms with Gasteiger partial charge >= 0.3 is 5.97 Å². The van der Waals surface area contributed by atoms with Crippen molar-refractivity contribution in [2.45, 2.75) is 135 Å². The number of carbonyl (C=O) groups excluding carboxylic acids is 1. The van der Waals surface area contributed by atoms with Crippen molar-refractivity contribution in [1.29, 1.82) is 0 Å². The van der Waals surface area contributed by atoms with Gasteiger partial charge in [0.25, 0.3) is 0 Å². The Morgan fingerprint density at radius 2 is 1.82 bits per heavy atom. The van der Waals surface area contributed by atoms with Crippen LogP contribution >= 0.6 is 11.6 Å². The molecule has 3 fully saturated rings. The number of fused-ring (bicyclic) bond motifs is 5. The summed E-state index contributed by atoms with van der Waals surface area (Å²) in [5.41, 5.74) is 2.48. The molecule has 0 aromatic heterocycles. The number of hydrogen-bond acceptors (Lipinski definition) is 2. The van der Waals surface area contributed by atoms with Crippen molar-refractivity contribution in [2.75, 3.05) is 0 Å². The lowest BCUT2D eigenvalue weighted by Crippen LogP contribution is -2.50. The SMILES string of the molecule is CCCCCCCC[C@H]1CC[C@H]2[C@H]3CC=C4C[C@@H](OC(=O)[C@@H](C)Cl)CC[C@]4(C)[C@@H]3CC[C@]12C. The minimum atomic E-state index is -0.550. The molecule has 33 heavy (non-hydrogen) atoms. The van der Waals surface area contributed by atoms with Crippen molar-refractivity contribution in [1.82, 2.24) is 0 Å². The van der Waals surface area contributed by atoms with Crippen molar-refractivity contribution < 1.29 is 9.53 Å². The predicted molar refractivity (Wildman–Crippen MR) is 138 cm³/mol. The van der Waals surface area contributed by atoms with E-state index in [1.807, 2.05) is 0 Å². The molecule has 0 spiro atoms. The van der Waals surface area contributed by atoms with Crippen LogP contribution in [0.4, 0.5) is 0 Å². The van der Waals surface area contributed by atoms with Gasteiger partial charge in [-0.1, -0.05) is 70.9 Å². The first-order valence-electron chi connectivity index (χ1n) is 14.3. The number of rotatable bonds is 9. The Bertz CT molecular complexity index is 714. The van der Waals surface area contributed by atoms with Gasteiger partial charge in [-0.15, -0.1) is 11.6 Å². The Balaban J connectivity index is 1.38. The summed E-state index contributed by atoms with van der Waals surface area (Å²) < 4.78 is 5.74. The van der Waals surface area contributed by atoms with E-state index >= 15 is 0 Å². The zero-order valence-electron chi connectivity index (χ0n) is 21.8. The molecule has 0 aliphatic heterocycles. The van der Waals surface area contributed by atoms with Crippen LogP contribution in [0, 0.1) is 34.5 Å². The summed E-state index contributed by atoms with van der Waals surface area (Å²) in [5, 5.41) is -0.550. The number of unbranched alkanes of at least 4 members (excludes halogenated alkanes) is 5. The molecule has 3 heteroatoms. The minimum Gasteiger partial charge on any atom is -0.461 e. The van der Waals surface area contributed by atoms with Crippen LogP contribution in [-0.2, 0) is 9.53 Å². The summed E-state index contributed by atoms with van der Waals surface area (Å²) in [7, 11) is 0. The normalized spacial score (nSPS) is 40.9. The first-order chi connectivity index (χ1) is 15.8. The molecule has 8 atom stereocenters. The summed E-state index contributed by atoms with van der Waals surface area (Å²) in [6, 6.07) is 0. The van der Waals surface area contributed by atoms with Crippen LogP contribution in [0.2, 0.25) is 0 Å². The van der Waals surface area contributed by atoms with Crippen LogP contribution in [-0.4, -0.2) is 17.5 Å². The number of allylic oxidation sites excluding steroid dienone is 1. The zero-order valence-corrected chi connectivity index (χ0v) is 22.6. The first kappa shape index (κ1) is 25.6. The molecule has 4 aliphatic rings. The number of esters is 1. The van der Waals surface area contributed by atoms with Crippen molar-refractivity contribution in [3.8, 4) is 0 Å². The molecule has 3 saturated carbocycles. The molecule has 0 N–H and O–H groups in total. The summed E-state index contributed by atoms with van der Waals surface area (Å²) in [4.78, 5) is 12.0. The molecule has 0 bridgehead atoms. The zero-order chi connectivity index (χ0) is 23.6. The Morgan fingerprint density at radius 3 is 2.58 bits per heavy atom. The van der Waals surface area contributed by atoms with Gasteiger partial charge in [-0.05, 0) is 92.8 Å². The number of ether oxygens (including phenoxy) is 1. The summed E-state index contributed by atoms with van der Waals surface area (Å²) in [5.74, 6) is 3.32. The average Bonchev–Trinajstić information content (AvgIpc) is 3.12. The monoisotopic (exact) mass is 476 g/mol. The van der Waals surface area contributed by atoms with Gasteiger partial charge in [-0.25, -0.2) is 0 Å². The average molecular weight is 477 g/mol. The van der Waals surface area contributed by atoms with Crippen LogP contribution in [0.25, 0.3) is 0 Å². The number of carbonyl (C=O) groups is 1. The Kier molecular flexibility index (Phi) is 8.24. The minimum absolute atomic E-state index is 0.0246. The third-order valence-corrected chi connectivity index (χ3v) is 10.9. The molecule has 0 radical (unpaired) electrons. The molecule has 4 aliphatic carbocycles. The molecule has 0 amide bonds. The second kappa shape index (κ2) is 10.6. The third-order valence-electron chi connectivity index (χ3n) is 10.8. The molecule has 0 aromatic rings. The maximum atomic E-state index is 12.0. The van der Waals surface area contributed by atoms with Crippen molar-refractivity contribution in [3.63, 3.8) is 0 Å². The van der Waals surface area contributed by atoms with Crippen molar-refractivity contribution >= 4 is 17.6 Å².